The van der Waals surface area contributed by atoms with E-state index >= 15 is 0 Å². The molecule has 3 heterocycles. The molecule has 0 saturated carbocycles. The Bertz CT molecular complexity index is 927. The van der Waals surface area contributed by atoms with Crippen molar-refractivity contribution >= 4 is 5.91 Å². The van der Waals surface area contributed by atoms with Gasteiger partial charge in [-0.25, -0.2) is 4.98 Å². The molecule has 8 nitrogen and oxygen atoms in total. The molecule has 144 valence electrons. The Morgan fingerprint density at radius 2 is 2.14 bits per heavy atom. The molecule has 1 amide bonds. The van der Waals surface area contributed by atoms with E-state index in [0.717, 1.165) is 30.7 Å². The highest BCUT2D eigenvalue weighted by Crippen LogP contribution is 2.27. The van der Waals surface area contributed by atoms with Crippen LogP contribution in [0.1, 0.15) is 30.1 Å². The minimum Gasteiger partial charge on any atom is -0.497 e. The van der Waals surface area contributed by atoms with E-state index in [-0.39, 0.29) is 11.8 Å². The van der Waals surface area contributed by atoms with Gasteiger partial charge < -0.3 is 14.2 Å². The van der Waals surface area contributed by atoms with E-state index in [0.29, 0.717) is 30.4 Å². The van der Waals surface area contributed by atoms with Gasteiger partial charge in [-0.3, -0.25) is 9.78 Å². The van der Waals surface area contributed by atoms with Crippen LogP contribution in [0.25, 0.3) is 11.6 Å². The Kier molecular flexibility index (Phi) is 5.27. The van der Waals surface area contributed by atoms with E-state index < -0.39 is 0 Å². The Hall–Kier alpha value is -3.29. The average Bonchev–Trinajstić information content (AvgIpc) is 3.25. The van der Waals surface area contributed by atoms with Gasteiger partial charge in [-0.05, 0) is 30.5 Å². The maximum atomic E-state index is 12.7. The lowest BCUT2D eigenvalue weighted by atomic mass is 9.96. The third kappa shape index (κ3) is 4.00. The van der Waals surface area contributed by atoms with Gasteiger partial charge in [-0.15, -0.1) is 0 Å². The highest BCUT2D eigenvalue weighted by atomic mass is 16.5. The van der Waals surface area contributed by atoms with Crippen molar-refractivity contribution in [3.8, 4) is 17.3 Å². The van der Waals surface area contributed by atoms with Crippen LogP contribution in [0.2, 0.25) is 0 Å². The quantitative estimate of drug-likeness (QED) is 0.672. The number of aromatic nitrogens is 4. The van der Waals surface area contributed by atoms with Crippen LogP contribution >= 0.6 is 0 Å². The summed E-state index contributed by atoms with van der Waals surface area (Å²) >= 11 is 0. The smallest absolute Gasteiger partial charge is 0.278 e. The van der Waals surface area contributed by atoms with Gasteiger partial charge in [-0.2, -0.15) is 4.98 Å². The molecular weight excluding hydrogens is 358 g/mol. The van der Waals surface area contributed by atoms with Crippen molar-refractivity contribution in [2.75, 3.05) is 20.2 Å². The van der Waals surface area contributed by atoms with Gasteiger partial charge in [0.15, 0.2) is 5.82 Å². The summed E-state index contributed by atoms with van der Waals surface area (Å²) in [6.07, 6.45) is 6.96. The first-order valence-electron chi connectivity index (χ1n) is 9.23. The number of carbonyl (C=O) groups excluding carboxylic acids is 1. The number of piperidine rings is 1. The van der Waals surface area contributed by atoms with Gasteiger partial charge in [-0.1, -0.05) is 17.3 Å². The summed E-state index contributed by atoms with van der Waals surface area (Å²) < 4.78 is 10.5. The zero-order chi connectivity index (χ0) is 19.3. The summed E-state index contributed by atoms with van der Waals surface area (Å²) in [6.45, 7) is 1.34. The van der Waals surface area contributed by atoms with Crippen molar-refractivity contribution in [1.82, 2.24) is 25.0 Å². The average molecular weight is 379 g/mol. The number of carbonyl (C=O) groups is 1. The first-order chi connectivity index (χ1) is 13.7. The minimum atomic E-state index is 0.0581. The van der Waals surface area contributed by atoms with Crippen molar-refractivity contribution < 1.29 is 14.1 Å². The lowest BCUT2D eigenvalue weighted by Gasteiger charge is -2.31. The third-order valence-electron chi connectivity index (χ3n) is 4.88. The fourth-order valence-electron chi connectivity index (χ4n) is 3.36. The zero-order valence-electron chi connectivity index (χ0n) is 15.6. The van der Waals surface area contributed by atoms with Gasteiger partial charge >= 0.3 is 0 Å². The molecule has 0 N–H and O–H groups in total. The molecule has 1 aromatic carbocycles. The number of methoxy groups -OCH3 is 1. The number of hydrogen-bond acceptors (Lipinski definition) is 7. The van der Waals surface area contributed by atoms with Gasteiger partial charge in [0, 0.05) is 31.4 Å². The number of benzene rings is 1. The first kappa shape index (κ1) is 18.1. The number of ether oxygens (including phenoxy) is 1. The van der Waals surface area contributed by atoms with Gasteiger partial charge in [0.05, 0.1) is 19.7 Å². The number of amides is 1. The number of hydrogen-bond donors (Lipinski definition) is 0. The number of likely N-dealkylation sites (tertiary alicyclic amines) is 1. The van der Waals surface area contributed by atoms with Gasteiger partial charge in [0.1, 0.15) is 11.4 Å². The maximum Gasteiger partial charge on any atom is 0.278 e. The SMILES string of the molecule is COc1ccc(CC(=O)N2CCC[C@H](c3noc(-c4cnccn4)n3)C2)cc1. The predicted molar refractivity (Wildman–Crippen MR) is 101 cm³/mol. The van der Waals surface area contributed by atoms with E-state index in [1.807, 2.05) is 29.2 Å². The fraction of sp³-hybridized carbons (Fsp3) is 0.350. The molecule has 1 saturated heterocycles. The first-order valence-corrected chi connectivity index (χ1v) is 9.23. The Morgan fingerprint density at radius 3 is 2.89 bits per heavy atom. The lowest BCUT2D eigenvalue weighted by molar-refractivity contribution is -0.131. The molecule has 0 spiro atoms. The molecule has 1 aliphatic heterocycles. The van der Waals surface area contributed by atoms with Crippen LogP contribution in [0.4, 0.5) is 0 Å². The van der Waals surface area contributed by atoms with Crippen molar-refractivity contribution in [1.29, 1.82) is 0 Å². The molecule has 28 heavy (non-hydrogen) atoms. The van der Waals surface area contributed by atoms with Crippen molar-refractivity contribution in [2.45, 2.75) is 25.2 Å². The van der Waals surface area contributed by atoms with Crippen LogP contribution < -0.4 is 4.74 Å². The van der Waals surface area contributed by atoms with Crippen molar-refractivity contribution in [3.05, 3.63) is 54.2 Å². The number of nitrogens with zero attached hydrogens (tertiary/aromatic N) is 5. The highest BCUT2D eigenvalue weighted by molar-refractivity contribution is 5.79. The molecule has 2 aromatic heterocycles. The molecule has 0 unspecified atom stereocenters. The molecule has 1 fully saturated rings. The monoisotopic (exact) mass is 379 g/mol. The molecule has 8 heteroatoms. The minimum absolute atomic E-state index is 0.0581. The summed E-state index contributed by atoms with van der Waals surface area (Å²) in [7, 11) is 1.63. The summed E-state index contributed by atoms with van der Waals surface area (Å²) in [5.41, 5.74) is 1.52. The van der Waals surface area contributed by atoms with Crippen LogP contribution in [0.3, 0.4) is 0 Å². The van der Waals surface area contributed by atoms with E-state index in [1.165, 1.54) is 0 Å². The van der Waals surface area contributed by atoms with E-state index in [1.54, 1.807) is 25.7 Å². The van der Waals surface area contributed by atoms with Crippen molar-refractivity contribution in [2.24, 2.45) is 0 Å². The fourth-order valence-corrected chi connectivity index (χ4v) is 3.36. The van der Waals surface area contributed by atoms with Crippen molar-refractivity contribution in [3.63, 3.8) is 0 Å². The van der Waals surface area contributed by atoms with Crippen LogP contribution in [-0.2, 0) is 11.2 Å². The maximum absolute atomic E-state index is 12.7. The van der Waals surface area contributed by atoms with Crippen LogP contribution in [0.15, 0.2) is 47.4 Å². The lowest BCUT2D eigenvalue weighted by Crippen LogP contribution is -2.40. The molecule has 0 aliphatic carbocycles. The largest absolute Gasteiger partial charge is 0.497 e. The summed E-state index contributed by atoms with van der Waals surface area (Å²) in [5.74, 6) is 1.91. The Morgan fingerprint density at radius 1 is 1.29 bits per heavy atom. The molecule has 3 aromatic rings. The molecule has 1 aliphatic rings. The normalized spacial score (nSPS) is 16.8. The zero-order valence-corrected chi connectivity index (χ0v) is 15.6. The molecule has 0 radical (unpaired) electrons. The molecular formula is C20H21N5O3. The van der Waals surface area contributed by atoms with E-state index in [4.69, 9.17) is 9.26 Å². The van der Waals surface area contributed by atoms with E-state index in [2.05, 4.69) is 20.1 Å². The highest BCUT2D eigenvalue weighted by Gasteiger charge is 2.28. The summed E-state index contributed by atoms with van der Waals surface area (Å²) in [4.78, 5) is 27.3. The Balaban J connectivity index is 1.41. The topological polar surface area (TPSA) is 94.2 Å². The van der Waals surface area contributed by atoms with E-state index in [9.17, 15) is 4.79 Å². The van der Waals surface area contributed by atoms with Gasteiger partial charge in [0.2, 0.25) is 5.91 Å². The second-order valence-corrected chi connectivity index (χ2v) is 6.75. The second-order valence-electron chi connectivity index (χ2n) is 6.75. The van der Waals surface area contributed by atoms with Crippen LogP contribution in [0, 0.1) is 0 Å². The summed E-state index contributed by atoms with van der Waals surface area (Å²) in [5, 5.41) is 4.11. The van der Waals surface area contributed by atoms with Crippen LogP contribution in [-0.4, -0.2) is 51.1 Å². The second kappa shape index (κ2) is 8.16. The predicted octanol–water partition coefficient (Wildman–Crippen LogP) is 2.48. The van der Waals surface area contributed by atoms with Crippen LogP contribution in [0.5, 0.6) is 5.75 Å². The standard InChI is InChI=1S/C20H21N5O3/c1-27-16-6-4-14(5-7-16)11-18(26)25-10-2-3-15(13-25)19-23-20(28-24-19)17-12-21-8-9-22-17/h4-9,12,15H,2-3,10-11,13H2,1H3/t15-/m0/s1. The molecule has 4 rings (SSSR count). The van der Waals surface area contributed by atoms with Gasteiger partial charge in [0.25, 0.3) is 5.89 Å². The Labute approximate surface area is 162 Å². The molecule has 0 bridgehead atoms. The third-order valence-corrected chi connectivity index (χ3v) is 4.88. The number of rotatable bonds is 5. The molecule has 1 atom stereocenters. The summed E-state index contributed by atoms with van der Waals surface area (Å²) in [6, 6.07) is 7.58.